The first kappa shape index (κ1) is 27.0. The molecular formula is C23H33NO4S. The van der Waals surface area contributed by atoms with Crippen LogP contribution in [0.4, 0.5) is 0 Å². The number of nitrogens with two attached hydrogens (primary N) is 1. The highest BCUT2D eigenvalue weighted by atomic mass is 32.2. The van der Waals surface area contributed by atoms with E-state index in [1.807, 2.05) is 0 Å². The van der Waals surface area contributed by atoms with Crippen molar-refractivity contribution in [1.82, 2.24) is 0 Å². The van der Waals surface area contributed by atoms with E-state index in [4.69, 9.17) is 10.8 Å². The summed E-state index contributed by atoms with van der Waals surface area (Å²) in [5.74, 6) is 11.1. The number of aldehydes is 1. The molecule has 0 fully saturated rings. The van der Waals surface area contributed by atoms with Crippen molar-refractivity contribution in [1.29, 1.82) is 0 Å². The van der Waals surface area contributed by atoms with Crippen LogP contribution in [0.5, 0.6) is 0 Å². The lowest BCUT2D eigenvalue weighted by atomic mass is 10.1. The summed E-state index contributed by atoms with van der Waals surface area (Å²) in [6, 6.07) is -0.984. The van der Waals surface area contributed by atoms with Gasteiger partial charge in [-0.2, -0.15) is 0 Å². The second-order valence-corrected chi connectivity index (χ2v) is 7.67. The van der Waals surface area contributed by atoms with Gasteiger partial charge >= 0.3 is 5.97 Å². The first-order valence-corrected chi connectivity index (χ1v) is 11.1. The lowest BCUT2D eigenvalue weighted by Crippen LogP contribution is -2.34. The molecule has 0 radical (unpaired) electrons. The quantitative estimate of drug-likeness (QED) is 0.173. The maximum atomic E-state index is 10.9. The summed E-state index contributed by atoms with van der Waals surface area (Å²) >= 11 is 1.29. The number of carbonyl (C=O) groups excluding carboxylic acids is 1. The van der Waals surface area contributed by atoms with Gasteiger partial charge in [0.2, 0.25) is 0 Å². The van der Waals surface area contributed by atoms with Crippen LogP contribution in [0, 0.1) is 23.7 Å². The van der Waals surface area contributed by atoms with Gasteiger partial charge < -0.3 is 20.7 Å². The topological polar surface area (TPSA) is 101 Å². The molecule has 0 heterocycles. The van der Waals surface area contributed by atoms with E-state index in [9.17, 15) is 14.7 Å². The maximum Gasteiger partial charge on any atom is 0.321 e. The maximum absolute atomic E-state index is 10.9. The fourth-order valence-corrected chi connectivity index (χ4v) is 3.33. The minimum atomic E-state index is -1.07. The van der Waals surface area contributed by atoms with E-state index in [0.29, 0.717) is 25.7 Å². The van der Waals surface area contributed by atoms with Crippen LogP contribution in [0.3, 0.4) is 0 Å². The predicted molar refractivity (Wildman–Crippen MR) is 120 cm³/mol. The van der Waals surface area contributed by atoms with Crippen molar-refractivity contribution in [3.8, 4) is 23.7 Å². The van der Waals surface area contributed by atoms with Crippen LogP contribution in [0.25, 0.3) is 0 Å². The first-order valence-electron chi connectivity index (χ1n) is 10.0. The molecule has 29 heavy (non-hydrogen) atoms. The van der Waals surface area contributed by atoms with Gasteiger partial charge in [0.15, 0.2) is 0 Å². The number of hydrogen-bond acceptors (Lipinski definition) is 5. The molecule has 0 aromatic carbocycles. The van der Waals surface area contributed by atoms with E-state index in [1.54, 1.807) is 24.3 Å². The Kier molecular flexibility index (Phi) is 18.0. The summed E-state index contributed by atoms with van der Waals surface area (Å²) < 4.78 is 0. The second kappa shape index (κ2) is 19.3. The van der Waals surface area contributed by atoms with Crippen LogP contribution in [0.1, 0.15) is 58.3 Å². The number of rotatable bonds is 14. The van der Waals surface area contributed by atoms with Crippen LogP contribution in [0.2, 0.25) is 0 Å². The third-order valence-electron chi connectivity index (χ3n) is 3.89. The van der Waals surface area contributed by atoms with Crippen LogP contribution < -0.4 is 5.73 Å². The number of carboxylic acids is 1. The number of aliphatic hydroxyl groups excluding tert-OH is 1. The molecule has 0 saturated heterocycles. The highest BCUT2D eigenvalue weighted by Crippen LogP contribution is 2.21. The Morgan fingerprint density at radius 2 is 1.97 bits per heavy atom. The van der Waals surface area contributed by atoms with Crippen molar-refractivity contribution in [3.05, 3.63) is 24.3 Å². The highest BCUT2D eigenvalue weighted by molar-refractivity contribution is 8.00. The van der Waals surface area contributed by atoms with E-state index in [2.05, 4.69) is 30.6 Å². The van der Waals surface area contributed by atoms with Crippen molar-refractivity contribution in [3.63, 3.8) is 0 Å². The molecule has 1 unspecified atom stereocenters. The summed E-state index contributed by atoms with van der Waals surface area (Å²) in [7, 11) is 0. The molecule has 0 aliphatic rings. The summed E-state index contributed by atoms with van der Waals surface area (Å²) in [6.45, 7) is 2.17. The van der Waals surface area contributed by atoms with Crippen molar-refractivity contribution in [2.45, 2.75) is 75.7 Å². The zero-order valence-corrected chi connectivity index (χ0v) is 18.0. The molecule has 0 aromatic rings. The molecule has 0 aromatic heterocycles. The molecule has 3 atom stereocenters. The number of carboxylic acid groups (broad SMARTS) is 1. The molecule has 0 saturated carbocycles. The Bertz CT molecular complexity index is 637. The third-order valence-corrected chi connectivity index (χ3v) is 5.29. The zero-order valence-electron chi connectivity index (χ0n) is 17.2. The standard InChI is InChI=1S/C23H33NO4S/c1-2-3-4-5-6-7-8-9-10-11-12-13-17-22(21(26)16-14-15-18-25)29-19-20(24)23(27)28/h11-13,17-18,20-22,26H,2-5,8,14-16,19,24H2,1H3,(H,27,28)/t20?,21-,22+/m0/s1. The minimum absolute atomic E-state index is 0.190. The Hall–Kier alpha value is -1.99. The van der Waals surface area contributed by atoms with Crippen molar-refractivity contribution >= 4 is 24.0 Å². The lowest BCUT2D eigenvalue weighted by Gasteiger charge is -2.20. The Balaban J connectivity index is 4.53. The summed E-state index contributed by atoms with van der Waals surface area (Å²) in [6.07, 6.45) is 13.6. The molecule has 0 rings (SSSR count). The summed E-state index contributed by atoms with van der Waals surface area (Å²) in [5, 5.41) is 18.9. The number of unbranched alkanes of at least 4 members (excludes halogenated alkanes) is 4. The number of carbonyl (C=O) groups is 2. The molecule has 4 N–H and O–H groups in total. The van der Waals surface area contributed by atoms with Gasteiger partial charge in [0.05, 0.1) is 12.5 Å². The van der Waals surface area contributed by atoms with Crippen molar-refractivity contribution in [2.24, 2.45) is 5.73 Å². The van der Waals surface area contributed by atoms with Gasteiger partial charge in [-0.1, -0.05) is 55.8 Å². The molecule has 5 nitrogen and oxygen atoms in total. The summed E-state index contributed by atoms with van der Waals surface area (Å²) in [4.78, 5) is 21.3. The van der Waals surface area contributed by atoms with Crippen LogP contribution in [0.15, 0.2) is 24.3 Å². The molecule has 0 spiro atoms. The van der Waals surface area contributed by atoms with Gasteiger partial charge in [0.1, 0.15) is 12.3 Å². The normalized spacial score (nSPS) is 13.9. The Labute approximate surface area is 179 Å². The molecular weight excluding hydrogens is 386 g/mol. The number of allylic oxidation sites excluding steroid dienone is 3. The summed E-state index contributed by atoms with van der Waals surface area (Å²) in [5.41, 5.74) is 5.54. The Morgan fingerprint density at radius 3 is 2.66 bits per heavy atom. The van der Waals surface area contributed by atoms with E-state index >= 15 is 0 Å². The second-order valence-electron chi connectivity index (χ2n) is 6.46. The molecule has 160 valence electrons. The molecule has 0 aliphatic carbocycles. The van der Waals surface area contributed by atoms with Crippen LogP contribution in [-0.4, -0.2) is 45.6 Å². The SMILES string of the molecule is CCCCCC#CCC#CC=CC=C[C@@H](SCC(N)C(=O)O)[C@@H](O)CCCC=O. The van der Waals surface area contributed by atoms with Crippen LogP contribution in [-0.2, 0) is 9.59 Å². The largest absolute Gasteiger partial charge is 0.480 e. The fraction of sp³-hybridized carbons (Fsp3) is 0.565. The smallest absolute Gasteiger partial charge is 0.321 e. The van der Waals surface area contributed by atoms with Gasteiger partial charge in [-0.05, 0) is 25.3 Å². The van der Waals surface area contributed by atoms with Crippen molar-refractivity contribution in [2.75, 3.05) is 5.75 Å². The van der Waals surface area contributed by atoms with Gasteiger partial charge in [0.25, 0.3) is 0 Å². The van der Waals surface area contributed by atoms with E-state index in [1.165, 1.54) is 24.6 Å². The van der Waals surface area contributed by atoms with E-state index < -0.39 is 18.1 Å². The van der Waals surface area contributed by atoms with Gasteiger partial charge in [0, 0.05) is 23.8 Å². The lowest BCUT2D eigenvalue weighted by molar-refractivity contribution is -0.137. The first-order chi connectivity index (χ1) is 14.0. The highest BCUT2D eigenvalue weighted by Gasteiger charge is 2.20. The fourth-order valence-electron chi connectivity index (χ4n) is 2.20. The average Bonchev–Trinajstić information content (AvgIpc) is 2.70. The third kappa shape index (κ3) is 16.6. The minimum Gasteiger partial charge on any atom is -0.480 e. The van der Waals surface area contributed by atoms with Crippen LogP contribution >= 0.6 is 11.8 Å². The zero-order chi connectivity index (χ0) is 21.7. The predicted octanol–water partition coefficient (Wildman–Crippen LogP) is 3.32. The number of aliphatic hydroxyl groups is 1. The number of aliphatic carboxylic acids is 1. The monoisotopic (exact) mass is 419 g/mol. The van der Waals surface area contributed by atoms with Gasteiger partial charge in [-0.15, -0.1) is 17.7 Å². The molecule has 0 amide bonds. The Morgan fingerprint density at radius 1 is 1.17 bits per heavy atom. The number of thioether (sulfide) groups is 1. The number of hydrogen-bond donors (Lipinski definition) is 3. The van der Waals surface area contributed by atoms with Gasteiger partial charge in [-0.25, -0.2) is 0 Å². The average molecular weight is 420 g/mol. The van der Waals surface area contributed by atoms with E-state index in [0.717, 1.165) is 19.1 Å². The molecule has 0 bridgehead atoms. The van der Waals surface area contributed by atoms with E-state index in [-0.39, 0.29) is 11.0 Å². The molecule has 6 heteroatoms. The molecule has 0 aliphatic heterocycles. The van der Waals surface area contributed by atoms with Crippen molar-refractivity contribution < 1.29 is 19.8 Å². The van der Waals surface area contributed by atoms with Gasteiger partial charge in [-0.3, -0.25) is 4.79 Å².